The van der Waals surface area contributed by atoms with Gasteiger partial charge >= 0.3 is 0 Å². The summed E-state index contributed by atoms with van der Waals surface area (Å²) in [6, 6.07) is 21.0. The Kier molecular flexibility index (Phi) is 9.30. The van der Waals surface area contributed by atoms with Crippen molar-refractivity contribution in [3.63, 3.8) is 0 Å². The van der Waals surface area contributed by atoms with Crippen molar-refractivity contribution in [1.82, 2.24) is 0 Å². The molecule has 7 unspecified atom stereocenters. The van der Waals surface area contributed by atoms with E-state index in [9.17, 15) is 0 Å². The molecule has 0 bridgehead atoms. The van der Waals surface area contributed by atoms with Crippen molar-refractivity contribution in [2.45, 2.75) is 118 Å². The van der Waals surface area contributed by atoms with Gasteiger partial charge in [-0.25, -0.2) is 0 Å². The molecule has 8 atom stereocenters. The maximum atomic E-state index is 2.62. The van der Waals surface area contributed by atoms with Crippen LogP contribution in [-0.2, 0) is 0 Å². The Bertz CT molecular complexity index is 988. The van der Waals surface area contributed by atoms with Gasteiger partial charge in [0.25, 0.3) is 0 Å². The summed E-state index contributed by atoms with van der Waals surface area (Å²) < 4.78 is 0. The first-order valence-corrected chi connectivity index (χ1v) is 17.0. The van der Waals surface area contributed by atoms with Gasteiger partial charge in [-0.2, -0.15) is 0 Å². The number of benzene rings is 2. The van der Waals surface area contributed by atoms with E-state index in [0.717, 1.165) is 53.3 Å². The van der Waals surface area contributed by atoms with E-state index < -0.39 is 0 Å². The van der Waals surface area contributed by atoms with E-state index in [1.54, 1.807) is 5.56 Å². The van der Waals surface area contributed by atoms with E-state index in [0.29, 0.717) is 5.41 Å². The van der Waals surface area contributed by atoms with Gasteiger partial charge in [-0.1, -0.05) is 128 Å². The van der Waals surface area contributed by atoms with Gasteiger partial charge in [0, 0.05) is 0 Å². The Morgan fingerprint density at radius 2 is 1.15 bits per heavy atom. The molecule has 214 valence electrons. The Labute approximate surface area is 241 Å². The minimum Gasteiger partial charge on any atom is -0.0656 e. The Morgan fingerprint density at radius 1 is 0.667 bits per heavy atom. The first-order chi connectivity index (χ1) is 18.8. The SMILES string of the molecule is CC1CC(C(C)(C)C)CC1[C@@H](c1ccc(-c2ccccc2)cc1)C1C2CCCCC2C2CCCCC21.CCC. The van der Waals surface area contributed by atoms with Crippen LogP contribution in [0.15, 0.2) is 54.6 Å². The maximum Gasteiger partial charge on any atom is -0.00971 e. The van der Waals surface area contributed by atoms with Crippen LogP contribution in [0.25, 0.3) is 11.1 Å². The predicted octanol–water partition coefficient (Wildman–Crippen LogP) is 11.8. The molecule has 6 rings (SSSR count). The molecule has 0 N–H and O–H groups in total. The summed E-state index contributed by atoms with van der Waals surface area (Å²) in [5.74, 6) is 8.31. The van der Waals surface area contributed by atoms with E-state index in [1.807, 2.05) is 0 Å². The Morgan fingerprint density at radius 3 is 1.64 bits per heavy atom. The molecule has 4 aliphatic carbocycles. The van der Waals surface area contributed by atoms with E-state index in [4.69, 9.17) is 0 Å². The third-order valence-electron chi connectivity index (χ3n) is 11.7. The smallest absolute Gasteiger partial charge is 0.00971 e. The summed E-state index contributed by atoms with van der Waals surface area (Å²) in [6.45, 7) is 14.4. The van der Waals surface area contributed by atoms with Crippen LogP contribution in [0.5, 0.6) is 0 Å². The summed E-state index contributed by atoms with van der Waals surface area (Å²) in [7, 11) is 0. The molecule has 0 heterocycles. The highest BCUT2D eigenvalue weighted by molar-refractivity contribution is 5.63. The fourth-order valence-corrected chi connectivity index (χ4v) is 10.0. The van der Waals surface area contributed by atoms with Gasteiger partial charge in [0.2, 0.25) is 0 Å². The second-order valence-electron chi connectivity index (χ2n) is 15.2. The van der Waals surface area contributed by atoms with E-state index in [1.165, 1.54) is 81.8 Å². The monoisotopic (exact) mass is 526 g/mol. The second-order valence-corrected chi connectivity index (χ2v) is 15.2. The summed E-state index contributed by atoms with van der Waals surface area (Å²) in [4.78, 5) is 0. The first kappa shape index (κ1) is 29.0. The first-order valence-electron chi connectivity index (χ1n) is 17.0. The highest BCUT2D eigenvalue weighted by Gasteiger charge is 2.56. The van der Waals surface area contributed by atoms with Gasteiger partial charge in [-0.3, -0.25) is 0 Å². The fraction of sp³-hybridized carbons (Fsp3) is 0.692. The van der Waals surface area contributed by atoms with Gasteiger partial charge in [0.15, 0.2) is 0 Å². The van der Waals surface area contributed by atoms with Gasteiger partial charge in [-0.15, -0.1) is 0 Å². The summed E-state index contributed by atoms with van der Waals surface area (Å²) in [6.07, 6.45) is 16.2. The lowest BCUT2D eigenvalue weighted by atomic mass is 9.63. The third-order valence-corrected chi connectivity index (χ3v) is 11.7. The molecule has 0 aromatic heterocycles. The molecule has 0 spiro atoms. The Balaban J connectivity index is 0.000000983. The van der Waals surface area contributed by atoms with Crippen LogP contribution < -0.4 is 0 Å². The second kappa shape index (κ2) is 12.5. The van der Waals surface area contributed by atoms with Crippen molar-refractivity contribution in [3.05, 3.63) is 60.2 Å². The van der Waals surface area contributed by atoms with Gasteiger partial charge in [0.1, 0.15) is 0 Å². The van der Waals surface area contributed by atoms with Gasteiger partial charge in [-0.05, 0) is 114 Å². The number of fused-ring (bicyclic) bond motifs is 3. The van der Waals surface area contributed by atoms with Crippen LogP contribution in [0.4, 0.5) is 0 Å². The molecule has 0 amide bonds. The molecule has 39 heavy (non-hydrogen) atoms. The zero-order valence-corrected chi connectivity index (χ0v) is 26.2. The molecule has 2 aromatic rings. The van der Waals surface area contributed by atoms with Crippen molar-refractivity contribution in [3.8, 4) is 11.1 Å². The van der Waals surface area contributed by atoms with Crippen LogP contribution in [-0.4, -0.2) is 0 Å². The van der Waals surface area contributed by atoms with E-state index in [-0.39, 0.29) is 0 Å². The van der Waals surface area contributed by atoms with E-state index in [2.05, 4.69) is 96.1 Å². The highest BCUT2D eigenvalue weighted by Crippen LogP contribution is 2.64. The van der Waals surface area contributed by atoms with Crippen LogP contribution in [0.2, 0.25) is 0 Å². The van der Waals surface area contributed by atoms with Gasteiger partial charge in [0.05, 0.1) is 0 Å². The van der Waals surface area contributed by atoms with Crippen LogP contribution in [0, 0.1) is 52.8 Å². The normalized spacial score (nSPS) is 34.9. The lowest BCUT2D eigenvalue weighted by Gasteiger charge is -2.41. The van der Waals surface area contributed by atoms with Gasteiger partial charge < -0.3 is 0 Å². The standard InChI is InChI=1S/C36H50.C3H8/c1-24-22-28(36(2,3)4)23-33(24)34(27-20-18-26(19-21-27)25-12-6-5-7-13-25)35-31-16-10-8-14-29(31)30-15-9-11-17-32(30)35;1-3-2/h5-7,12-13,18-21,24,28-35H,8-11,14-17,22-23H2,1-4H3;3H2,1-2H3/t24?,28?,29?,30?,31?,32?,33?,34-,35?;/m1./s1. The van der Waals surface area contributed by atoms with Crippen molar-refractivity contribution >= 4 is 0 Å². The Hall–Kier alpha value is -1.56. The summed E-state index contributed by atoms with van der Waals surface area (Å²) >= 11 is 0. The summed E-state index contributed by atoms with van der Waals surface area (Å²) in [5, 5.41) is 0. The molecule has 0 nitrogen and oxygen atoms in total. The predicted molar refractivity (Wildman–Crippen MR) is 170 cm³/mol. The molecule has 0 saturated heterocycles. The molecule has 0 radical (unpaired) electrons. The van der Waals surface area contributed by atoms with Crippen LogP contribution in [0.1, 0.15) is 124 Å². The molecule has 4 saturated carbocycles. The zero-order valence-electron chi connectivity index (χ0n) is 26.2. The number of hydrogen-bond acceptors (Lipinski definition) is 0. The quantitative estimate of drug-likeness (QED) is 0.371. The maximum absolute atomic E-state index is 2.62. The topological polar surface area (TPSA) is 0 Å². The number of rotatable bonds is 4. The van der Waals surface area contributed by atoms with Crippen molar-refractivity contribution in [1.29, 1.82) is 0 Å². The van der Waals surface area contributed by atoms with Crippen molar-refractivity contribution < 1.29 is 0 Å². The average molecular weight is 527 g/mol. The molecule has 2 aromatic carbocycles. The minimum atomic E-state index is 0.432. The van der Waals surface area contributed by atoms with Crippen molar-refractivity contribution in [2.75, 3.05) is 0 Å². The average Bonchev–Trinajstić information content (AvgIpc) is 3.49. The molecule has 0 aliphatic heterocycles. The molecule has 4 fully saturated rings. The number of hydrogen-bond donors (Lipinski definition) is 0. The third kappa shape index (κ3) is 6.06. The van der Waals surface area contributed by atoms with E-state index >= 15 is 0 Å². The minimum absolute atomic E-state index is 0.432. The molecular weight excluding hydrogens is 468 g/mol. The highest BCUT2D eigenvalue weighted by atomic mass is 14.6. The largest absolute Gasteiger partial charge is 0.0656 e. The summed E-state index contributed by atoms with van der Waals surface area (Å²) in [5.41, 5.74) is 4.84. The lowest BCUT2D eigenvalue weighted by molar-refractivity contribution is 0.134. The zero-order chi connectivity index (χ0) is 27.6. The molecular formula is C39H58. The van der Waals surface area contributed by atoms with Crippen molar-refractivity contribution in [2.24, 2.45) is 52.8 Å². The van der Waals surface area contributed by atoms with Crippen LogP contribution >= 0.6 is 0 Å². The molecule has 4 aliphatic rings. The lowest BCUT2D eigenvalue weighted by Crippen LogP contribution is -2.32. The fourth-order valence-electron chi connectivity index (χ4n) is 10.0. The van der Waals surface area contributed by atoms with Crippen LogP contribution in [0.3, 0.4) is 0 Å². The molecule has 0 heteroatoms.